The maximum atomic E-state index is 12.5. The van der Waals surface area contributed by atoms with Crippen molar-refractivity contribution in [2.24, 2.45) is 0 Å². The zero-order valence-electron chi connectivity index (χ0n) is 11.6. The fraction of sp³-hybridized carbons (Fsp3) is 0.500. The SMILES string of the molecule is COP(C)(=O)OCC(=O)C1(c2ccc(Cl)cc2)CCC1. The van der Waals surface area contributed by atoms with Gasteiger partial charge in [-0.15, -0.1) is 0 Å². The Morgan fingerprint density at radius 1 is 1.35 bits per heavy atom. The van der Waals surface area contributed by atoms with Crippen LogP contribution in [0.3, 0.4) is 0 Å². The normalized spacial score (nSPS) is 19.9. The van der Waals surface area contributed by atoms with E-state index >= 15 is 0 Å². The molecular formula is C14H18ClO4P. The molecule has 1 atom stereocenters. The Bertz CT molecular complexity index is 537. The number of carbonyl (C=O) groups excluding carboxylic acids is 1. The summed E-state index contributed by atoms with van der Waals surface area (Å²) in [4.78, 5) is 12.5. The summed E-state index contributed by atoms with van der Waals surface area (Å²) < 4.78 is 21.6. The molecule has 1 aliphatic carbocycles. The van der Waals surface area contributed by atoms with Gasteiger partial charge in [-0.25, -0.2) is 0 Å². The molecule has 2 rings (SSSR count). The van der Waals surface area contributed by atoms with Crippen LogP contribution in [0.1, 0.15) is 24.8 Å². The lowest BCUT2D eigenvalue weighted by molar-refractivity contribution is -0.130. The molecule has 0 heterocycles. The van der Waals surface area contributed by atoms with Gasteiger partial charge >= 0.3 is 7.60 Å². The Balaban J connectivity index is 2.13. The minimum atomic E-state index is -3.12. The first-order valence-corrected chi connectivity index (χ1v) is 8.83. The van der Waals surface area contributed by atoms with Gasteiger partial charge in [0.15, 0.2) is 5.78 Å². The molecule has 1 unspecified atom stereocenters. The molecule has 0 bridgehead atoms. The van der Waals surface area contributed by atoms with Crippen LogP contribution in [0.5, 0.6) is 0 Å². The van der Waals surface area contributed by atoms with E-state index in [1.165, 1.54) is 13.8 Å². The van der Waals surface area contributed by atoms with Crippen LogP contribution in [0.15, 0.2) is 24.3 Å². The van der Waals surface area contributed by atoms with Crippen molar-refractivity contribution in [2.75, 3.05) is 20.4 Å². The molecule has 0 spiro atoms. The van der Waals surface area contributed by atoms with Crippen molar-refractivity contribution in [3.63, 3.8) is 0 Å². The van der Waals surface area contributed by atoms with Crippen LogP contribution < -0.4 is 0 Å². The van der Waals surface area contributed by atoms with E-state index in [4.69, 9.17) is 20.6 Å². The van der Waals surface area contributed by atoms with Gasteiger partial charge < -0.3 is 9.05 Å². The quantitative estimate of drug-likeness (QED) is 0.749. The Labute approximate surface area is 123 Å². The van der Waals surface area contributed by atoms with E-state index in [9.17, 15) is 9.36 Å². The summed E-state index contributed by atoms with van der Waals surface area (Å²) in [7, 11) is -1.82. The van der Waals surface area contributed by atoms with Gasteiger partial charge in [0.1, 0.15) is 6.61 Å². The summed E-state index contributed by atoms with van der Waals surface area (Å²) in [6.07, 6.45) is 2.58. The minimum absolute atomic E-state index is 0.0507. The molecular weight excluding hydrogens is 299 g/mol. The van der Waals surface area contributed by atoms with Gasteiger partial charge in [-0.05, 0) is 30.5 Å². The molecule has 0 saturated heterocycles. The molecule has 6 heteroatoms. The van der Waals surface area contributed by atoms with Gasteiger partial charge in [0.25, 0.3) is 0 Å². The molecule has 1 aromatic rings. The molecule has 0 aliphatic heterocycles. The summed E-state index contributed by atoms with van der Waals surface area (Å²) >= 11 is 5.88. The number of benzene rings is 1. The van der Waals surface area contributed by atoms with Gasteiger partial charge in [0.05, 0.1) is 5.41 Å². The highest BCUT2D eigenvalue weighted by Gasteiger charge is 2.45. The van der Waals surface area contributed by atoms with Gasteiger partial charge in [0.2, 0.25) is 0 Å². The second kappa shape index (κ2) is 5.98. The predicted octanol–water partition coefficient (Wildman–Crippen LogP) is 3.82. The van der Waals surface area contributed by atoms with Gasteiger partial charge in [-0.1, -0.05) is 30.2 Å². The topological polar surface area (TPSA) is 52.6 Å². The summed E-state index contributed by atoms with van der Waals surface area (Å²) in [6.45, 7) is 1.17. The molecule has 0 aromatic heterocycles. The Morgan fingerprint density at radius 2 is 1.95 bits per heavy atom. The summed E-state index contributed by atoms with van der Waals surface area (Å²) in [5.74, 6) is -0.0507. The average molecular weight is 317 g/mol. The minimum Gasteiger partial charge on any atom is -0.312 e. The smallest absolute Gasteiger partial charge is 0.312 e. The number of carbonyl (C=O) groups is 1. The molecule has 110 valence electrons. The Morgan fingerprint density at radius 3 is 2.40 bits per heavy atom. The van der Waals surface area contributed by atoms with Crippen molar-refractivity contribution in [1.29, 1.82) is 0 Å². The first-order valence-electron chi connectivity index (χ1n) is 6.47. The third-order valence-electron chi connectivity index (χ3n) is 3.90. The van der Waals surface area contributed by atoms with Crippen molar-refractivity contribution in [3.8, 4) is 0 Å². The molecule has 1 saturated carbocycles. The maximum absolute atomic E-state index is 12.5. The van der Waals surface area contributed by atoms with Crippen LogP contribution in [0, 0.1) is 0 Å². The molecule has 20 heavy (non-hydrogen) atoms. The fourth-order valence-electron chi connectivity index (χ4n) is 2.39. The molecule has 0 N–H and O–H groups in total. The second-order valence-electron chi connectivity index (χ2n) is 5.09. The maximum Gasteiger partial charge on any atom is 0.327 e. The van der Waals surface area contributed by atoms with E-state index in [0.717, 1.165) is 24.8 Å². The van der Waals surface area contributed by atoms with E-state index in [1.807, 2.05) is 12.1 Å². The predicted molar refractivity (Wildman–Crippen MR) is 78.5 cm³/mol. The van der Waals surface area contributed by atoms with Crippen molar-refractivity contribution >= 4 is 25.0 Å². The first-order chi connectivity index (χ1) is 9.39. The van der Waals surface area contributed by atoms with Crippen LogP contribution >= 0.6 is 19.2 Å². The third-order valence-corrected chi connectivity index (χ3v) is 5.41. The lowest BCUT2D eigenvalue weighted by atomic mass is 9.62. The molecule has 1 fully saturated rings. The number of halogens is 1. The molecule has 4 nitrogen and oxygen atoms in total. The van der Waals surface area contributed by atoms with E-state index in [1.54, 1.807) is 12.1 Å². The van der Waals surface area contributed by atoms with Crippen molar-refractivity contribution in [1.82, 2.24) is 0 Å². The van der Waals surface area contributed by atoms with E-state index in [-0.39, 0.29) is 12.4 Å². The Hall–Kier alpha value is -0.670. The van der Waals surface area contributed by atoms with Gasteiger partial charge in [0, 0.05) is 18.8 Å². The van der Waals surface area contributed by atoms with Crippen LogP contribution in [-0.4, -0.2) is 26.2 Å². The van der Waals surface area contributed by atoms with Crippen molar-refractivity contribution < 1.29 is 18.4 Å². The lowest BCUT2D eigenvalue weighted by Gasteiger charge is -2.41. The molecule has 1 aliphatic rings. The zero-order valence-corrected chi connectivity index (χ0v) is 13.2. The number of Topliss-reactive ketones (excluding diaryl/α,β-unsaturated/α-hetero) is 1. The summed E-state index contributed by atoms with van der Waals surface area (Å²) in [6, 6.07) is 7.32. The lowest BCUT2D eigenvalue weighted by Crippen LogP contribution is -2.44. The highest BCUT2D eigenvalue weighted by atomic mass is 35.5. The highest BCUT2D eigenvalue weighted by molar-refractivity contribution is 7.52. The first kappa shape index (κ1) is 15.7. The standard InChI is InChI=1S/C14H18ClO4P/c1-18-20(2,17)19-10-13(16)14(8-3-9-14)11-4-6-12(15)7-5-11/h4-7H,3,8-10H2,1-2H3. The fourth-order valence-corrected chi connectivity index (χ4v) is 2.98. The average Bonchev–Trinajstić information content (AvgIpc) is 2.37. The summed E-state index contributed by atoms with van der Waals surface area (Å²) in [5, 5.41) is 0.643. The van der Waals surface area contributed by atoms with Gasteiger partial charge in [-0.3, -0.25) is 9.36 Å². The molecule has 0 radical (unpaired) electrons. The van der Waals surface area contributed by atoms with E-state index < -0.39 is 13.0 Å². The third kappa shape index (κ3) is 3.15. The second-order valence-corrected chi connectivity index (χ2v) is 7.70. The molecule has 0 amide bonds. The Kier molecular flexibility index (Phi) is 4.70. The van der Waals surface area contributed by atoms with Crippen LogP contribution in [0.2, 0.25) is 5.02 Å². The summed E-state index contributed by atoms with van der Waals surface area (Å²) in [5.41, 5.74) is 0.434. The van der Waals surface area contributed by atoms with Crippen LogP contribution in [0.4, 0.5) is 0 Å². The van der Waals surface area contributed by atoms with Crippen molar-refractivity contribution in [3.05, 3.63) is 34.9 Å². The van der Waals surface area contributed by atoms with E-state index in [2.05, 4.69) is 0 Å². The van der Waals surface area contributed by atoms with E-state index in [0.29, 0.717) is 5.02 Å². The highest BCUT2D eigenvalue weighted by Crippen LogP contribution is 2.47. The number of ketones is 1. The number of hydrogen-bond acceptors (Lipinski definition) is 4. The zero-order chi connectivity index (χ0) is 14.8. The molecule has 1 aromatic carbocycles. The monoisotopic (exact) mass is 316 g/mol. The van der Waals surface area contributed by atoms with Crippen LogP contribution in [-0.2, 0) is 23.8 Å². The largest absolute Gasteiger partial charge is 0.327 e. The van der Waals surface area contributed by atoms with Gasteiger partial charge in [-0.2, -0.15) is 0 Å². The van der Waals surface area contributed by atoms with Crippen LogP contribution in [0.25, 0.3) is 0 Å². The number of rotatable bonds is 6. The number of hydrogen-bond donors (Lipinski definition) is 0. The van der Waals surface area contributed by atoms with Crippen molar-refractivity contribution in [2.45, 2.75) is 24.7 Å².